The summed E-state index contributed by atoms with van der Waals surface area (Å²) in [5.41, 5.74) is 5.45. The molecule has 3 aromatic carbocycles. The highest BCUT2D eigenvalue weighted by Crippen LogP contribution is 2.47. The first kappa shape index (κ1) is 15.5. The zero-order valence-corrected chi connectivity index (χ0v) is 13.7. The summed E-state index contributed by atoms with van der Waals surface area (Å²) in [6.45, 7) is 0.496. The minimum absolute atomic E-state index is 0.0894. The van der Waals surface area contributed by atoms with E-state index in [2.05, 4.69) is 6.07 Å². The average Bonchev–Trinajstić information content (AvgIpc) is 2.94. The molecule has 0 aromatic heterocycles. The summed E-state index contributed by atoms with van der Waals surface area (Å²) in [5, 5.41) is 9.32. The fourth-order valence-electron chi connectivity index (χ4n) is 3.51. The molecule has 0 spiro atoms. The van der Waals surface area contributed by atoms with E-state index in [1.165, 1.54) is 0 Å². The summed E-state index contributed by atoms with van der Waals surface area (Å²) in [6, 6.07) is 24.0. The molecule has 0 aliphatic heterocycles. The van der Waals surface area contributed by atoms with Crippen LogP contribution >= 0.6 is 0 Å². The van der Waals surface area contributed by atoms with Gasteiger partial charge in [0, 0.05) is 5.92 Å². The summed E-state index contributed by atoms with van der Waals surface area (Å²) >= 11 is 0. The van der Waals surface area contributed by atoms with E-state index in [0.29, 0.717) is 6.61 Å². The molecule has 1 aliphatic carbocycles. The molecular weight excluding hydrogens is 312 g/mol. The molecule has 1 aliphatic rings. The molecule has 3 nitrogen and oxygen atoms in total. The quantitative estimate of drug-likeness (QED) is 0.727. The van der Waals surface area contributed by atoms with Crippen molar-refractivity contribution in [1.29, 1.82) is 0 Å². The highest BCUT2D eigenvalue weighted by molar-refractivity contribution is 5.82. The zero-order chi connectivity index (χ0) is 17.2. The Balaban J connectivity index is 1.65. The maximum Gasteiger partial charge on any atom is 0.304 e. The van der Waals surface area contributed by atoms with E-state index in [-0.39, 0.29) is 12.3 Å². The molecule has 0 amide bonds. The third-order valence-electron chi connectivity index (χ3n) is 4.65. The van der Waals surface area contributed by atoms with Crippen molar-refractivity contribution in [2.24, 2.45) is 0 Å². The van der Waals surface area contributed by atoms with Crippen LogP contribution in [0.3, 0.4) is 0 Å². The number of rotatable bonds is 5. The SMILES string of the molecule is O=C(O)CC1c2ccccc2-c2ccc(OCc3ccccc3)cc21. The monoisotopic (exact) mass is 330 g/mol. The average molecular weight is 330 g/mol. The Kier molecular flexibility index (Phi) is 3.98. The molecule has 4 rings (SSSR count). The molecule has 0 bridgehead atoms. The van der Waals surface area contributed by atoms with Gasteiger partial charge in [-0.05, 0) is 39.9 Å². The zero-order valence-electron chi connectivity index (χ0n) is 13.7. The maximum atomic E-state index is 11.3. The number of aliphatic carboxylic acids is 1. The van der Waals surface area contributed by atoms with Gasteiger partial charge in [-0.2, -0.15) is 0 Å². The molecule has 3 heteroatoms. The van der Waals surface area contributed by atoms with Gasteiger partial charge in [0.15, 0.2) is 0 Å². The van der Waals surface area contributed by atoms with Crippen LogP contribution in [-0.2, 0) is 11.4 Å². The van der Waals surface area contributed by atoms with Crippen LogP contribution in [0.4, 0.5) is 0 Å². The summed E-state index contributed by atoms with van der Waals surface area (Å²) in [5.74, 6) is -0.141. The molecule has 1 unspecified atom stereocenters. The number of carbonyl (C=O) groups is 1. The second-order valence-corrected chi connectivity index (χ2v) is 6.26. The smallest absolute Gasteiger partial charge is 0.304 e. The van der Waals surface area contributed by atoms with Gasteiger partial charge in [0.05, 0.1) is 6.42 Å². The predicted octanol–water partition coefficient (Wildman–Crippen LogP) is 4.85. The van der Waals surface area contributed by atoms with Crippen LogP contribution in [0, 0.1) is 0 Å². The van der Waals surface area contributed by atoms with Crippen molar-refractivity contribution >= 4 is 5.97 Å². The Hall–Kier alpha value is -3.07. The van der Waals surface area contributed by atoms with Crippen LogP contribution < -0.4 is 4.74 Å². The number of carboxylic acids is 1. The van der Waals surface area contributed by atoms with Gasteiger partial charge >= 0.3 is 5.97 Å². The summed E-state index contributed by atoms with van der Waals surface area (Å²) < 4.78 is 5.92. The second-order valence-electron chi connectivity index (χ2n) is 6.26. The molecule has 124 valence electrons. The van der Waals surface area contributed by atoms with Gasteiger partial charge in [0.2, 0.25) is 0 Å². The molecule has 0 saturated heterocycles. The van der Waals surface area contributed by atoms with Crippen LogP contribution in [0.1, 0.15) is 29.0 Å². The number of fused-ring (bicyclic) bond motifs is 3. The van der Waals surface area contributed by atoms with Gasteiger partial charge in [-0.15, -0.1) is 0 Å². The van der Waals surface area contributed by atoms with Gasteiger partial charge in [0.1, 0.15) is 12.4 Å². The van der Waals surface area contributed by atoms with Crippen molar-refractivity contribution < 1.29 is 14.6 Å². The van der Waals surface area contributed by atoms with Crippen molar-refractivity contribution in [3.05, 3.63) is 89.5 Å². The molecule has 0 saturated carbocycles. The minimum Gasteiger partial charge on any atom is -0.489 e. The van der Waals surface area contributed by atoms with Crippen LogP contribution in [0.5, 0.6) is 5.75 Å². The molecule has 3 aromatic rings. The van der Waals surface area contributed by atoms with E-state index < -0.39 is 5.97 Å². The maximum absolute atomic E-state index is 11.3. The van der Waals surface area contributed by atoms with Gasteiger partial charge in [-0.25, -0.2) is 0 Å². The van der Waals surface area contributed by atoms with E-state index in [1.54, 1.807) is 0 Å². The van der Waals surface area contributed by atoms with Gasteiger partial charge in [-0.3, -0.25) is 4.79 Å². The Morgan fingerprint density at radius 1 is 0.880 bits per heavy atom. The number of hydrogen-bond donors (Lipinski definition) is 1. The number of benzene rings is 3. The summed E-state index contributed by atoms with van der Waals surface area (Å²) in [4.78, 5) is 11.3. The number of carboxylic acid groups (broad SMARTS) is 1. The first-order valence-electron chi connectivity index (χ1n) is 8.34. The van der Waals surface area contributed by atoms with Gasteiger partial charge < -0.3 is 9.84 Å². The van der Waals surface area contributed by atoms with E-state index in [0.717, 1.165) is 33.6 Å². The van der Waals surface area contributed by atoms with E-state index in [1.807, 2.05) is 66.7 Å². The standard InChI is InChI=1S/C22H18O3/c23-22(24)13-21-18-9-5-4-8-17(18)19-11-10-16(12-20(19)21)25-14-15-6-2-1-3-7-15/h1-12,21H,13-14H2,(H,23,24). The third-order valence-corrected chi connectivity index (χ3v) is 4.65. The van der Waals surface area contributed by atoms with Crippen LogP contribution in [0.25, 0.3) is 11.1 Å². The molecule has 0 fully saturated rings. The van der Waals surface area contributed by atoms with Crippen molar-refractivity contribution in [3.8, 4) is 16.9 Å². The lowest BCUT2D eigenvalue weighted by molar-refractivity contribution is -0.137. The van der Waals surface area contributed by atoms with E-state index >= 15 is 0 Å². The highest BCUT2D eigenvalue weighted by atomic mass is 16.5. The lowest BCUT2D eigenvalue weighted by atomic mass is 9.93. The topological polar surface area (TPSA) is 46.5 Å². The first-order valence-corrected chi connectivity index (χ1v) is 8.34. The summed E-state index contributed by atoms with van der Waals surface area (Å²) in [6.07, 6.45) is 0.0894. The fraction of sp³-hybridized carbons (Fsp3) is 0.136. The van der Waals surface area contributed by atoms with Gasteiger partial charge in [0.25, 0.3) is 0 Å². The number of hydrogen-bond acceptors (Lipinski definition) is 2. The molecular formula is C22H18O3. The largest absolute Gasteiger partial charge is 0.489 e. The lowest BCUT2D eigenvalue weighted by Crippen LogP contribution is -2.05. The Morgan fingerprint density at radius 3 is 2.40 bits per heavy atom. The molecule has 25 heavy (non-hydrogen) atoms. The Labute approximate surface area is 146 Å². The van der Waals surface area contributed by atoms with E-state index in [9.17, 15) is 9.90 Å². The lowest BCUT2D eigenvalue weighted by Gasteiger charge is -2.13. The predicted molar refractivity (Wildman–Crippen MR) is 96.7 cm³/mol. The third kappa shape index (κ3) is 3.01. The minimum atomic E-state index is -0.789. The molecule has 1 atom stereocenters. The summed E-state index contributed by atoms with van der Waals surface area (Å²) in [7, 11) is 0. The van der Waals surface area contributed by atoms with Crippen molar-refractivity contribution in [1.82, 2.24) is 0 Å². The van der Waals surface area contributed by atoms with Crippen molar-refractivity contribution in [2.45, 2.75) is 18.9 Å². The molecule has 0 radical (unpaired) electrons. The Morgan fingerprint density at radius 2 is 1.60 bits per heavy atom. The number of ether oxygens (including phenoxy) is 1. The molecule has 1 N–H and O–H groups in total. The molecule has 0 heterocycles. The normalized spacial score (nSPS) is 14.6. The second kappa shape index (κ2) is 6.44. The van der Waals surface area contributed by atoms with Crippen LogP contribution in [0.15, 0.2) is 72.8 Å². The van der Waals surface area contributed by atoms with E-state index in [4.69, 9.17) is 4.74 Å². The van der Waals surface area contributed by atoms with Crippen LogP contribution in [-0.4, -0.2) is 11.1 Å². The Bertz CT molecular complexity index is 916. The van der Waals surface area contributed by atoms with Crippen LogP contribution in [0.2, 0.25) is 0 Å². The van der Waals surface area contributed by atoms with Crippen molar-refractivity contribution in [3.63, 3.8) is 0 Å². The highest BCUT2D eigenvalue weighted by Gasteiger charge is 2.30. The fourth-order valence-corrected chi connectivity index (χ4v) is 3.51. The first-order chi connectivity index (χ1) is 12.2. The van der Waals surface area contributed by atoms with Crippen molar-refractivity contribution in [2.75, 3.05) is 0 Å². The van der Waals surface area contributed by atoms with Gasteiger partial charge in [-0.1, -0.05) is 60.7 Å².